The molecule has 2 heterocycles. The summed E-state index contributed by atoms with van der Waals surface area (Å²) in [4.78, 5) is 0. The van der Waals surface area contributed by atoms with Crippen LogP contribution < -0.4 is 5.32 Å². The molecule has 0 saturated carbocycles. The first-order chi connectivity index (χ1) is 12.6. The molecule has 1 N–H and O–H groups in total. The van der Waals surface area contributed by atoms with Crippen LogP contribution in [0, 0.1) is 0 Å². The van der Waals surface area contributed by atoms with Crippen LogP contribution in [0.15, 0.2) is 54.6 Å². The first kappa shape index (κ1) is 17.5. The number of fused-ring (bicyclic) bond motifs is 1. The van der Waals surface area contributed by atoms with E-state index < -0.39 is 10.2 Å². The highest BCUT2D eigenvalue weighted by atomic mass is 32.2. The van der Waals surface area contributed by atoms with Gasteiger partial charge in [-0.25, -0.2) is 0 Å². The van der Waals surface area contributed by atoms with E-state index in [1.807, 2.05) is 48.5 Å². The summed E-state index contributed by atoms with van der Waals surface area (Å²) in [7, 11) is -3.43. The van der Waals surface area contributed by atoms with E-state index in [1.165, 1.54) is 5.56 Å². The van der Waals surface area contributed by atoms with Gasteiger partial charge < -0.3 is 5.32 Å². The normalized spacial score (nSPS) is 21.9. The van der Waals surface area contributed by atoms with Crippen molar-refractivity contribution in [3.63, 3.8) is 0 Å². The van der Waals surface area contributed by atoms with Crippen molar-refractivity contribution in [2.45, 2.75) is 31.8 Å². The number of para-hydroxylation sites is 1. The van der Waals surface area contributed by atoms with Gasteiger partial charge in [-0.05, 0) is 42.5 Å². The van der Waals surface area contributed by atoms with Crippen LogP contribution in [0.1, 0.15) is 24.0 Å². The van der Waals surface area contributed by atoms with Gasteiger partial charge in [0.1, 0.15) is 0 Å². The second kappa shape index (κ2) is 7.39. The van der Waals surface area contributed by atoms with Crippen LogP contribution in [-0.2, 0) is 23.2 Å². The fourth-order valence-electron chi connectivity index (χ4n) is 3.87. The summed E-state index contributed by atoms with van der Waals surface area (Å²) in [6, 6.07) is 18.3. The minimum absolute atomic E-state index is 0.151. The minimum Gasteiger partial charge on any atom is -0.381 e. The molecule has 0 bridgehead atoms. The molecule has 2 aliphatic heterocycles. The minimum atomic E-state index is -3.43. The van der Waals surface area contributed by atoms with Crippen LogP contribution in [0.5, 0.6) is 0 Å². The van der Waals surface area contributed by atoms with Crippen molar-refractivity contribution < 1.29 is 8.42 Å². The second-order valence-corrected chi connectivity index (χ2v) is 9.00. The molecule has 2 aromatic rings. The Morgan fingerprint density at radius 3 is 2.42 bits per heavy atom. The lowest BCUT2D eigenvalue weighted by atomic mass is 10.0. The first-order valence-corrected chi connectivity index (χ1v) is 10.7. The van der Waals surface area contributed by atoms with Crippen LogP contribution in [0.2, 0.25) is 0 Å². The van der Waals surface area contributed by atoms with E-state index in [0.29, 0.717) is 26.2 Å². The molecule has 2 aromatic carbocycles. The number of hydrogen-bond donors (Lipinski definition) is 1. The highest BCUT2D eigenvalue weighted by Crippen LogP contribution is 2.25. The average Bonchev–Trinajstić information content (AvgIpc) is 2.68. The smallest absolute Gasteiger partial charge is 0.282 e. The van der Waals surface area contributed by atoms with Crippen molar-refractivity contribution in [3.8, 4) is 0 Å². The van der Waals surface area contributed by atoms with Gasteiger partial charge in [-0.3, -0.25) is 0 Å². The molecule has 0 amide bonds. The van der Waals surface area contributed by atoms with E-state index in [1.54, 1.807) is 8.61 Å². The van der Waals surface area contributed by atoms with E-state index >= 15 is 0 Å². The van der Waals surface area contributed by atoms with Crippen molar-refractivity contribution in [3.05, 3.63) is 65.7 Å². The maximum atomic E-state index is 13.2. The monoisotopic (exact) mass is 371 g/mol. The predicted molar refractivity (Wildman–Crippen MR) is 104 cm³/mol. The fraction of sp³-hybridized carbons (Fsp3) is 0.400. The maximum absolute atomic E-state index is 13.2. The molecule has 138 valence electrons. The molecule has 1 atom stereocenters. The van der Waals surface area contributed by atoms with Crippen molar-refractivity contribution in [1.29, 1.82) is 0 Å². The summed E-state index contributed by atoms with van der Waals surface area (Å²) < 4.78 is 29.6. The number of hydrogen-bond acceptors (Lipinski definition) is 3. The molecule has 0 radical (unpaired) electrons. The number of benzene rings is 2. The third kappa shape index (κ3) is 3.63. The molecule has 0 aromatic heterocycles. The molecule has 2 aliphatic rings. The van der Waals surface area contributed by atoms with Crippen LogP contribution in [0.4, 0.5) is 5.69 Å². The SMILES string of the molecule is O=S(=O)(N1CCc2ccccc2C1)N1CCCC(Nc2ccccc2)C1. The summed E-state index contributed by atoms with van der Waals surface area (Å²) in [6.07, 6.45) is 2.66. The lowest BCUT2D eigenvalue weighted by Gasteiger charge is -2.37. The molecule has 26 heavy (non-hydrogen) atoms. The Kier molecular flexibility index (Phi) is 4.98. The van der Waals surface area contributed by atoms with Crippen molar-refractivity contribution in [1.82, 2.24) is 8.61 Å². The molecule has 1 unspecified atom stereocenters. The zero-order chi connectivity index (χ0) is 18.0. The van der Waals surface area contributed by atoms with Gasteiger partial charge in [-0.2, -0.15) is 17.0 Å². The molecule has 1 saturated heterocycles. The van der Waals surface area contributed by atoms with Gasteiger partial charge in [0, 0.05) is 37.9 Å². The van der Waals surface area contributed by atoms with Gasteiger partial charge in [-0.15, -0.1) is 0 Å². The number of piperidine rings is 1. The quantitative estimate of drug-likeness (QED) is 0.899. The Labute approximate surface area is 155 Å². The third-order valence-electron chi connectivity index (χ3n) is 5.28. The third-order valence-corrected chi connectivity index (χ3v) is 7.23. The largest absolute Gasteiger partial charge is 0.381 e. The summed E-state index contributed by atoms with van der Waals surface area (Å²) >= 11 is 0. The van der Waals surface area contributed by atoms with Gasteiger partial charge in [0.15, 0.2) is 0 Å². The standard InChI is InChI=1S/C20H25N3O2S/c24-26(25,23-14-12-17-7-4-5-8-18(17)15-23)22-13-6-11-20(16-22)21-19-9-2-1-3-10-19/h1-5,7-10,20-21H,6,11-16H2. The van der Waals surface area contributed by atoms with E-state index in [0.717, 1.165) is 30.5 Å². The highest BCUT2D eigenvalue weighted by molar-refractivity contribution is 7.86. The molecular formula is C20H25N3O2S. The Morgan fingerprint density at radius 1 is 0.885 bits per heavy atom. The zero-order valence-corrected chi connectivity index (χ0v) is 15.7. The lowest BCUT2D eigenvalue weighted by molar-refractivity contribution is 0.284. The van der Waals surface area contributed by atoms with E-state index in [-0.39, 0.29) is 6.04 Å². The highest BCUT2D eigenvalue weighted by Gasteiger charge is 2.35. The molecule has 0 spiro atoms. The van der Waals surface area contributed by atoms with Crippen LogP contribution in [0.3, 0.4) is 0 Å². The van der Waals surface area contributed by atoms with Gasteiger partial charge in [-0.1, -0.05) is 42.5 Å². The van der Waals surface area contributed by atoms with Crippen LogP contribution in [0.25, 0.3) is 0 Å². The lowest BCUT2D eigenvalue weighted by Crippen LogP contribution is -2.51. The van der Waals surface area contributed by atoms with Gasteiger partial charge in [0.2, 0.25) is 0 Å². The summed E-state index contributed by atoms with van der Waals surface area (Å²) in [6.45, 7) is 2.17. The van der Waals surface area contributed by atoms with Crippen molar-refractivity contribution in [2.24, 2.45) is 0 Å². The van der Waals surface area contributed by atoms with Crippen LogP contribution in [-0.4, -0.2) is 42.7 Å². The molecule has 4 rings (SSSR count). The Balaban J connectivity index is 1.46. The number of nitrogens with zero attached hydrogens (tertiary/aromatic N) is 2. The number of rotatable bonds is 4. The van der Waals surface area contributed by atoms with E-state index in [2.05, 4.69) is 11.4 Å². The number of anilines is 1. The van der Waals surface area contributed by atoms with Crippen molar-refractivity contribution in [2.75, 3.05) is 25.0 Å². The summed E-state index contributed by atoms with van der Waals surface area (Å²) in [5.74, 6) is 0. The van der Waals surface area contributed by atoms with Crippen LogP contribution >= 0.6 is 0 Å². The van der Waals surface area contributed by atoms with Gasteiger partial charge in [0.25, 0.3) is 10.2 Å². The van der Waals surface area contributed by atoms with Gasteiger partial charge in [0.05, 0.1) is 0 Å². The van der Waals surface area contributed by atoms with Gasteiger partial charge >= 0.3 is 0 Å². The molecule has 1 fully saturated rings. The van der Waals surface area contributed by atoms with E-state index in [4.69, 9.17) is 0 Å². The Morgan fingerprint density at radius 2 is 1.62 bits per heavy atom. The maximum Gasteiger partial charge on any atom is 0.282 e. The second-order valence-electron chi connectivity index (χ2n) is 7.07. The molecule has 0 aliphatic carbocycles. The summed E-state index contributed by atoms with van der Waals surface area (Å²) in [5, 5.41) is 3.48. The average molecular weight is 372 g/mol. The zero-order valence-electron chi connectivity index (χ0n) is 14.8. The molecule has 5 nitrogen and oxygen atoms in total. The fourth-order valence-corrected chi connectivity index (χ4v) is 5.55. The first-order valence-electron chi connectivity index (χ1n) is 9.26. The summed E-state index contributed by atoms with van der Waals surface area (Å²) in [5.41, 5.74) is 3.43. The van der Waals surface area contributed by atoms with Crippen molar-refractivity contribution >= 4 is 15.9 Å². The molecular weight excluding hydrogens is 346 g/mol. The Hall–Kier alpha value is -1.89. The van der Waals surface area contributed by atoms with E-state index in [9.17, 15) is 8.42 Å². The number of nitrogens with one attached hydrogen (secondary N) is 1. The topological polar surface area (TPSA) is 52.7 Å². The molecule has 6 heteroatoms. The predicted octanol–water partition coefficient (Wildman–Crippen LogP) is 2.87. The Bertz CT molecular complexity index is 854.